The fourth-order valence-electron chi connectivity index (χ4n) is 1.49. The molecular weight excluding hydrogens is 192 g/mol. The molecule has 0 fully saturated rings. The van der Waals surface area contributed by atoms with Crippen LogP contribution in [0.15, 0.2) is 12.3 Å². The smallest absolute Gasteiger partial charge is 0.253 e. The lowest BCUT2D eigenvalue weighted by molar-refractivity contribution is 0.100. The van der Waals surface area contributed by atoms with Gasteiger partial charge in [-0.15, -0.1) is 6.42 Å². The molecule has 74 valence electrons. The molecule has 0 aliphatic rings. The van der Waals surface area contributed by atoms with Gasteiger partial charge in [0.1, 0.15) is 11.5 Å². The number of rotatable bonds is 1. The maximum absolute atomic E-state index is 11.2. The lowest BCUT2D eigenvalue weighted by Gasteiger charge is -2.04. The van der Waals surface area contributed by atoms with Gasteiger partial charge in [-0.25, -0.2) is 4.98 Å². The molecule has 2 rings (SSSR count). The van der Waals surface area contributed by atoms with Gasteiger partial charge in [-0.2, -0.15) is 0 Å². The molecule has 0 saturated carbocycles. The molecule has 0 atom stereocenters. The van der Waals surface area contributed by atoms with Crippen LogP contribution in [-0.4, -0.2) is 15.9 Å². The first-order valence-corrected chi connectivity index (χ1v) is 4.18. The minimum absolute atomic E-state index is 0.0467. The average Bonchev–Trinajstić information content (AvgIpc) is 2.62. The number of hydrogen-bond acceptors (Lipinski definition) is 3. The van der Waals surface area contributed by atoms with E-state index in [1.54, 1.807) is 12.3 Å². The Hall–Kier alpha value is -2.48. The van der Waals surface area contributed by atoms with Gasteiger partial charge in [-0.05, 0) is 6.07 Å². The molecule has 0 unspecified atom stereocenters. The molecule has 5 N–H and O–H groups in total. The number of aromatic amines is 1. The van der Waals surface area contributed by atoms with Crippen LogP contribution in [0.3, 0.4) is 0 Å². The third-order valence-electron chi connectivity index (χ3n) is 2.12. The van der Waals surface area contributed by atoms with E-state index in [0.29, 0.717) is 16.6 Å². The van der Waals surface area contributed by atoms with E-state index in [9.17, 15) is 4.79 Å². The Bertz CT molecular complexity index is 591. The zero-order valence-electron chi connectivity index (χ0n) is 7.74. The average molecular weight is 200 g/mol. The van der Waals surface area contributed by atoms with Crippen LogP contribution in [0, 0.1) is 12.3 Å². The van der Waals surface area contributed by atoms with Crippen molar-refractivity contribution in [1.82, 2.24) is 9.97 Å². The van der Waals surface area contributed by atoms with Crippen LogP contribution >= 0.6 is 0 Å². The summed E-state index contributed by atoms with van der Waals surface area (Å²) in [4.78, 5) is 18.0. The molecule has 0 spiro atoms. The molecule has 5 heteroatoms. The predicted octanol–water partition coefficient (Wildman–Crippen LogP) is 0.225. The number of H-pyrrole nitrogens is 1. The van der Waals surface area contributed by atoms with E-state index in [1.165, 1.54) is 0 Å². The topological polar surface area (TPSA) is 97.8 Å². The molecule has 0 saturated heterocycles. The number of primary amides is 1. The first kappa shape index (κ1) is 9.09. The first-order valence-electron chi connectivity index (χ1n) is 4.18. The quantitative estimate of drug-likeness (QED) is 0.574. The number of pyridine rings is 1. The zero-order valence-corrected chi connectivity index (χ0v) is 7.74. The number of nitrogen functional groups attached to an aromatic ring is 1. The molecule has 2 heterocycles. The number of fused-ring (bicyclic) bond motifs is 1. The summed E-state index contributed by atoms with van der Waals surface area (Å²) in [6.45, 7) is 0. The molecule has 2 aromatic rings. The summed E-state index contributed by atoms with van der Waals surface area (Å²) in [6.07, 6.45) is 7.00. The highest BCUT2D eigenvalue weighted by molar-refractivity contribution is 6.04. The summed E-state index contributed by atoms with van der Waals surface area (Å²) in [5, 5.41) is 0.667. The third kappa shape index (κ3) is 1.20. The van der Waals surface area contributed by atoms with Crippen molar-refractivity contribution >= 4 is 22.8 Å². The lowest BCUT2D eigenvalue weighted by atomic mass is 10.1. The summed E-state index contributed by atoms with van der Waals surface area (Å²) < 4.78 is 0. The number of aromatic nitrogens is 2. The summed E-state index contributed by atoms with van der Waals surface area (Å²) in [5.74, 6) is 1.78. The van der Waals surface area contributed by atoms with Gasteiger partial charge in [-0.1, -0.05) is 5.92 Å². The molecule has 0 radical (unpaired) electrons. The molecule has 0 bridgehead atoms. The molecule has 2 aromatic heterocycles. The first-order chi connectivity index (χ1) is 7.15. The van der Waals surface area contributed by atoms with Crippen molar-refractivity contribution in [3.05, 3.63) is 23.4 Å². The standard InChI is InChI=1S/C10H8N4O/c1-2-5-6-3-4-13-10(6)14-8(11)7(5)9(12)15/h1,3-4H,(H2,12,15)(H3,11,13,14). The highest BCUT2D eigenvalue weighted by Crippen LogP contribution is 2.23. The Balaban J connectivity index is 2.96. The Labute approximate surface area is 85.5 Å². The highest BCUT2D eigenvalue weighted by Gasteiger charge is 2.16. The number of carbonyl (C=O) groups excluding carboxylic acids is 1. The van der Waals surface area contributed by atoms with E-state index < -0.39 is 5.91 Å². The van der Waals surface area contributed by atoms with Crippen LogP contribution in [0.5, 0.6) is 0 Å². The van der Waals surface area contributed by atoms with Crippen molar-refractivity contribution < 1.29 is 4.79 Å². The molecule has 1 amide bonds. The molecule has 5 nitrogen and oxygen atoms in total. The lowest BCUT2D eigenvalue weighted by Crippen LogP contribution is -2.16. The van der Waals surface area contributed by atoms with Gasteiger partial charge in [-0.3, -0.25) is 4.79 Å². The number of terminal acetylenes is 1. The van der Waals surface area contributed by atoms with Crippen molar-refractivity contribution in [1.29, 1.82) is 0 Å². The van der Waals surface area contributed by atoms with E-state index in [-0.39, 0.29) is 11.4 Å². The van der Waals surface area contributed by atoms with Gasteiger partial charge in [0.05, 0.1) is 11.1 Å². The summed E-state index contributed by atoms with van der Waals surface area (Å²) >= 11 is 0. The maximum Gasteiger partial charge on any atom is 0.253 e. The van der Waals surface area contributed by atoms with E-state index in [2.05, 4.69) is 15.9 Å². The molecule has 15 heavy (non-hydrogen) atoms. The maximum atomic E-state index is 11.2. The zero-order chi connectivity index (χ0) is 11.0. The molecule has 0 aliphatic heterocycles. The fraction of sp³-hybridized carbons (Fsp3) is 0. The predicted molar refractivity (Wildman–Crippen MR) is 57.0 cm³/mol. The largest absolute Gasteiger partial charge is 0.383 e. The van der Waals surface area contributed by atoms with Crippen LogP contribution < -0.4 is 11.5 Å². The number of nitrogens with two attached hydrogens (primary N) is 2. The number of carbonyl (C=O) groups is 1. The Morgan fingerprint density at radius 2 is 2.33 bits per heavy atom. The molecular formula is C10H8N4O. The van der Waals surface area contributed by atoms with Gasteiger partial charge in [0.2, 0.25) is 0 Å². The highest BCUT2D eigenvalue weighted by atomic mass is 16.1. The number of nitrogens with one attached hydrogen (secondary N) is 1. The molecule has 0 aliphatic carbocycles. The van der Waals surface area contributed by atoms with Gasteiger partial charge in [0, 0.05) is 11.6 Å². The Morgan fingerprint density at radius 3 is 2.93 bits per heavy atom. The normalized spacial score (nSPS) is 10.1. The van der Waals surface area contributed by atoms with Crippen LogP contribution in [-0.2, 0) is 0 Å². The second kappa shape index (κ2) is 3.03. The summed E-state index contributed by atoms with van der Waals surface area (Å²) in [6, 6.07) is 1.73. The Morgan fingerprint density at radius 1 is 1.60 bits per heavy atom. The fourth-order valence-corrected chi connectivity index (χ4v) is 1.49. The number of hydrogen-bond donors (Lipinski definition) is 3. The van der Waals surface area contributed by atoms with Crippen molar-refractivity contribution in [2.75, 3.05) is 5.73 Å². The van der Waals surface area contributed by atoms with Crippen molar-refractivity contribution in [2.45, 2.75) is 0 Å². The van der Waals surface area contributed by atoms with Gasteiger partial charge >= 0.3 is 0 Å². The van der Waals surface area contributed by atoms with Crippen molar-refractivity contribution in [3.8, 4) is 12.3 Å². The van der Waals surface area contributed by atoms with E-state index in [1.807, 2.05) is 0 Å². The van der Waals surface area contributed by atoms with Crippen molar-refractivity contribution in [3.63, 3.8) is 0 Å². The molecule has 0 aromatic carbocycles. The van der Waals surface area contributed by atoms with Crippen LogP contribution in [0.25, 0.3) is 11.0 Å². The van der Waals surface area contributed by atoms with Crippen LogP contribution in [0.4, 0.5) is 5.82 Å². The van der Waals surface area contributed by atoms with Crippen LogP contribution in [0.1, 0.15) is 15.9 Å². The van der Waals surface area contributed by atoms with Gasteiger partial charge in [0.25, 0.3) is 5.91 Å². The Kier molecular flexibility index (Phi) is 1.83. The number of amides is 1. The van der Waals surface area contributed by atoms with Crippen LogP contribution in [0.2, 0.25) is 0 Å². The SMILES string of the molecule is C#Cc1c(C(N)=O)c(N)nc2[nH]ccc12. The summed E-state index contributed by atoms with van der Waals surface area (Å²) in [5.41, 5.74) is 11.8. The van der Waals surface area contributed by atoms with E-state index in [4.69, 9.17) is 17.9 Å². The van der Waals surface area contributed by atoms with Gasteiger partial charge in [0.15, 0.2) is 0 Å². The van der Waals surface area contributed by atoms with Gasteiger partial charge < -0.3 is 16.5 Å². The summed E-state index contributed by atoms with van der Waals surface area (Å²) in [7, 11) is 0. The van der Waals surface area contributed by atoms with E-state index >= 15 is 0 Å². The monoisotopic (exact) mass is 200 g/mol. The van der Waals surface area contributed by atoms with E-state index in [0.717, 1.165) is 0 Å². The second-order valence-corrected chi connectivity index (χ2v) is 3.00. The third-order valence-corrected chi connectivity index (χ3v) is 2.12. The minimum atomic E-state index is -0.670. The number of anilines is 1. The number of nitrogens with zero attached hydrogens (tertiary/aromatic N) is 1. The second-order valence-electron chi connectivity index (χ2n) is 3.00. The minimum Gasteiger partial charge on any atom is -0.383 e. The van der Waals surface area contributed by atoms with Crippen molar-refractivity contribution in [2.24, 2.45) is 5.73 Å².